The first-order chi connectivity index (χ1) is 7.77. The van der Waals surface area contributed by atoms with Crippen molar-refractivity contribution < 1.29 is 4.48 Å². The number of nitrogens with zero attached hydrogens (tertiary/aromatic N) is 1. The largest absolute Gasteiger partial charge is 0.326 e. The summed E-state index contributed by atoms with van der Waals surface area (Å²) in [4.78, 5) is 0. The smallest absolute Gasteiger partial charge is 0.0839 e. The van der Waals surface area contributed by atoms with Crippen molar-refractivity contribution in [2.75, 3.05) is 26.7 Å². The summed E-state index contributed by atoms with van der Waals surface area (Å²) in [5.41, 5.74) is 0. The predicted molar refractivity (Wildman–Crippen MR) is 72.6 cm³/mol. The highest BCUT2D eigenvalue weighted by Crippen LogP contribution is 2.18. The highest BCUT2D eigenvalue weighted by atomic mass is 15.4. The monoisotopic (exact) mass is 226 g/mol. The molecule has 0 aromatic rings. The van der Waals surface area contributed by atoms with E-state index in [0.29, 0.717) is 0 Å². The zero-order chi connectivity index (χ0) is 11.7. The standard InChI is InChI=1S/C15H32N/c1-3-4-5-6-7-8-9-10-11-13-16(2)14-12-15-16/h3-15H2,1-2H3/q+1. The van der Waals surface area contributed by atoms with Crippen molar-refractivity contribution in [1.29, 1.82) is 0 Å². The summed E-state index contributed by atoms with van der Waals surface area (Å²) in [7, 11) is 2.42. The molecule has 0 atom stereocenters. The molecule has 1 saturated heterocycles. The van der Waals surface area contributed by atoms with E-state index in [0.717, 1.165) is 0 Å². The van der Waals surface area contributed by atoms with Crippen LogP contribution in [0.15, 0.2) is 0 Å². The van der Waals surface area contributed by atoms with E-state index in [1.807, 2.05) is 0 Å². The second-order valence-electron chi connectivity index (χ2n) is 5.97. The summed E-state index contributed by atoms with van der Waals surface area (Å²) in [6.07, 6.45) is 14.6. The third-order valence-electron chi connectivity index (χ3n) is 4.20. The van der Waals surface area contributed by atoms with Crippen molar-refractivity contribution in [3.05, 3.63) is 0 Å². The molecule has 0 spiro atoms. The molecule has 1 nitrogen and oxygen atoms in total. The van der Waals surface area contributed by atoms with Gasteiger partial charge in [0.25, 0.3) is 0 Å². The van der Waals surface area contributed by atoms with Gasteiger partial charge in [-0.3, -0.25) is 0 Å². The van der Waals surface area contributed by atoms with Crippen molar-refractivity contribution in [2.24, 2.45) is 0 Å². The average Bonchev–Trinajstić information content (AvgIpc) is 2.24. The van der Waals surface area contributed by atoms with Gasteiger partial charge >= 0.3 is 0 Å². The molecule has 1 fully saturated rings. The molecule has 16 heavy (non-hydrogen) atoms. The van der Waals surface area contributed by atoms with Crippen LogP contribution in [0, 0.1) is 0 Å². The summed E-state index contributed by atoms with van der Waals surface area (Å²) in [6.45, 7) is 6.61. The van der Waals surface area contributed by atoms with Crippen molar-refractivity contribution in [3.63, 3.8) is 0 Å². The van der Waals surface area contributed by atoms with Crippen LogP contribution < -0.4 is 0 Å². The van der Waals surface area contributed by atoms with Crippen LogP contribution in [-0.2, 0) is 0 Å². The van der Waals surface area contributed by atoms with Gasteiger partial charge in [-0.1, -0.05) is 51.9 Å². The second kappa shape index (κ2) is 8.11. The molecular weight excluding hydrogens is 194 g/mol. The van der Waals surface area contributed by atoms with Gasteiger partial charge in [0.05, 0.1) is 26.7 Å². The van der Waals surface area contributed by atoms with E-state index in [1.54, 1.807) is 0 Å². The Morgan fingerprint density at radius 2 is 1.25 bits per heavy atom. The van der Waals surface area contributed by atoms with E-state index in [4.69, 9.17) is 0 Å². The zero-order valence-corrected chi connectivity index (χ0v) is 11.6. The van der Waals surface area contributed by atoms with Gasteiger partial charge in [-0.15, -0.1) is 0 Å². The quantitative estimate of drug-likeness (QED) is 0.383. The highest BCUT2D eigenvalue weighted by Gasteiger charge is 2.28. The fraction of sp³-hybridized carbons (Fsp3) is 1.00. The molecule has 1 aliphatic heterocycles. The molecule has 0 radical (unpaired) electrons. The van der Waals surface area contributed by atoms with Crippen LogP contribution in [-0.4, -0.2) is 31.2 Å². The third kappa shape index (κ3) is 5.89. The van der Waals surface area contributed by atoms with Crippen LogP contribution in [0.5, 0.6) is 0 Å². The van der Waals surface area contributed by atoms with Crippen molar-refractivity contribution in [3.8, 4) is 0 Å². The zero-order valence-electron chi connectivity index (χ0n) is 11.6. The highest BCUT2D eigenvalue weighted by molar-refractivity contribution is 4.53. The number of hydrogen-bond acceptors (Lipinski definition) is 0. The van der Waals surface area contributed by atoms with E-state index >= 15 is 0 Å². The first kappa shape index (κ1) is 14.0. The minimum absolute atomic E-state index is 1.37. The van der Waals surface area contributed by atoms with E-state index in [9.17, 15) is 0 Å². The minimum atomic E-state index is 1.37. The van der Waals surface area contributed by atoms with Gasteiger partial charge in [-0.25, -0.2) is 0 Å². The summed E-state index contributed by atoms with van der Waals surface area (Å²) in [5.74, 6) is 0. The molecule has 0 saturated carbocycles. The van der Waals surface area contributed by atoms with Gasteiger partial charge in [0, 0.05) is 6.42 Å². The first-order valence-electron chi connectivity index (χ1n) is 7.60. The van der Waals surface area contributed by atoms with E-state index < -0.39 is 0 Å². The Hall–Kier alpha value is -0.0400. The Bertz CT molecular complexity index is 161. The van der Waals surface area contributed by atoms with Crippen LogP contribution in [0.1, 0.15) is 71.1 Å². The molecule has 0 aliphatic carbocycles. The lowest BCUT2D eigenvalue weighted by Crippen LogP contribution is -2.54. The van der Waals surface area contributed by atoms with Crippen molar-refractivity contribution >= 4 is 0 Å². The van der Waals surface area contributed by atoms with Crippen molar-refractivity contribution in [2.45, 2.75) is 71.1 Å². The molecule has 0 unspecified atom stereocenters. The van der Waals surface area contributed by atoms with Gasteiger partial charge in [-0.05, 0) is 12.8 Å². The van der Waals surface area contributed by atoms with Crippen LogP contribution >= 0.6 is 0 Å². The Balaban J connectivity index is 1.74. The van der Waals surface area contributed by atoms with Crippen LogP contribution in [0.2, 0.25) is 0 Å². The normalized spacial score (nSPS) is 18.4. The lowest BCUT2D eigenvalue weighted by molar-refractivity contribution is -0.946. The summed E-state index contributed by atoms with van der Waals surface area (Å²) in [5, 5.41) is 0. The molecule has 0 aromatic carbocycles. The van der Waals surface area contributed by atoms with E-state index in [2.05, 4.69) is 14.0 Å². The van der Waals surface area contributed by atoms with Crippen LogP contribution in [0.25, 0.3) is 0 Å². The summed E-state index contributed by atoms with van der Waals surface area (Å²) >= 11 is 0. The van der Waals surface area contributed by atoms with Crippen LogP contribution in [0.3, 0.4) is 0 Å². The van der Waals surface area contributed by atoms with E-state index in [-0.39, 0.29) is 0 Å². The maximum absolute atomic E-state index is 2.42. The fourth-order valence-corrected chi connectivity index (χ4v) is 2.73. The molecule has 0 aromatic heterocycles. The number of quaternary nitrogens is 1. The summed E-state index contributed by atoms with van der Waals surface area (Å²) in [6, 6.07) is 0. The molecule has 0 bridgehead atoms. The lowest BCUT2D eigenvalue weighted by atomic mass is 10.1. The molecule has 1 heterocycles. The van der Waals surface area contributed by atoms with Gasteiger partial charge in [0.15, 0.2) is 0 Å². The Morgan fingerprint density at radius 3 is 1.69 bits per heavy atom. The fourth-order valence-electron chi connectivity index (χ4n) is 2.73. The SMILES string of the molecule is CCCCCCCCCCC[N+]1(C)CCC1. The van der Waals surface area contributed by atoms with E-state index in [1.165, 1.54) is 88.3 Å². The predicted octanol–water partition coefficient (Wildman–Crippen LogP) is 4.37. The first-order valence-corrected chi connectivity index (χ1v) is 7.60. The Kier molecular flexibility index (Phi) is 7.11. The second-order valence-corrected chi connectivity index (χ2v) is 5.97. The molecular formula is C15H32N+. The molecule has 1 rings (SSSR count). The topological polar surface area (TPSA) is 0 Å². The van der Waals surface area contributed by atoms with Gasteiger partial charge < -0.3 is 4.48 Å². The lowest BCUT2D eigenvalue weighted by Gasteiger charge is -2.42. The number of likely N-dealkylation sites (tertiary alicyclic amines) is 1. The Labute approximate surface area is 103 Å². The number of hydrogen-bond donors (Lipinski definition) is 0. The average molecular weight is 226 g/mol. The minimum Gasteiger partial charge on any atom is -0.326 e. The number of unbranched alkanes of at least 4 members (excludes halogenated alkanes) is 8. The Morgan fingerprint density at radius 1 is 0.750 bits per heavy atom. The van der Waals surface area contributed by atoms with Gasteiger partial charge in [0.2, 0.25) is 0 Å². The molecule has 0 N–H and O–H groups in total. The van der Waals surface area contributed by atoms with Crippen LogP contribution in [0.4, 0.5) is 0 Å². The summed E-state index contributed by atoms with van der Waals surface area (Å²) < 4.78 is 1.37. The molecule has 96 valence electrons. The molecule has 0 amide bonds. The molecule has 1 heteroatoms. The maximum Gasteiger partial charge on any atom is 0.0839 e. The van der Waals surface area contributed by atoms with Crippen molar-refractivity contribution in [1.82, 2.24) is 0 Å². The molecule has 1 aliphatic rings. The maximum atomic E-state index is 2.42. The van der Waals surface area contributed by atoms with Gasteiger partial charge in [0.1, 0.15) is 0 Å². The third-order valence-corrected chi connectivity index (χ3v) is 4.20. The number of rotatable bonds is 10. The van der Waals surface area contributed by atoms with Gasteiger partial charge in [-0.2, -0.15) is 0 Å².